The maximum Gasteiger partial charge on any atom is 0.242 e. The normalized spacial score (nSPS) is 20.7. The topological polar surface area (TPSA) is 82.5 Å². The molecule has 3 aliphatic heterocycles. The standard InChI is InChI=1S/C24H30N6O2/c1-17-19-8-4-13-29(15-18-7-2-3-11-25-18)24(19)27-23(26-17)20-9-5-14-30(20)22(32)16-28-12-6-10-21(28)31/h2-3,7,11,20H,4-6,8-10,12-16H2,1H3/t20-/m1/s1. The first-order chi connectivity index (χ1) is 15.6. The van der Waals surface area contributed by atoms with Gasteiger partial charge in [0.25, 0.3) is 0 Å². The van der Waals surface area contributed by atoms with E-state index in [2.05, 4.69) is 16.8 Å². The molecule has 1 atom stereocenters. The van der Waals surface area contributed by atoms with Crippen LogP contribution < -0.4 is 4.90 Å². The van der Waals surface area contributed by atoms with Crippen LogP contribution in [0.15, 0.2) is 24.4 Å². The monoisotopic (exact) mass is 434 g/mol. The van der Waals surface area contributed by atoms with Crippen molar-refractivity contribution in [3.05, 3.63) is 47.2 Å². The molecular formula is C24H30N6O2. The summed E-state index contributed by atoms with van der Waals surface area (Å²) >= 11 is 0. The van der Waals surface area contributed by atoms with E-state index in [1.807, 2.05) is 29.3 Å². The van der Waals surface area contributed by atoms with Gasteiger partial charge < -0.3 is 14.7 Å². The summed E-state index contributed by atoms with van der Waals surface area (Å²) < 4.78 is 0. The van der Waals surface area contributed by atoms with Crippen molar-refractivity contribution in [1.82, 2.24) is 24.8 Å². The lowest BCUT2D eigenvalue weighted by Crippen LogP contribution is -2.41. The second kappa shape index (κ2) is 8.84. The Morgan fingerprint density at radius 1 is 1.06 bits per heavy atom. The minimum atomic E-state index is -0.122. The zero-order valence-electron chi connectivity index (χ0n) is 18.7. The molecule has 168 valence electrons. The Morgan fingerprint density at radius 3 is 2.69 bits per heavy atom. The molecule has 32 heavy (non-hydrogen) atoms. The molecule has 0 N–H and O–H groups in total. The predicted octanol–water partition coefficient (Wildman–Crippen LogP) is 2.42. The lowest BCUT2D eigenvalue weighted by molar-refractivity contribution is -0.139. The Hall–Kier alpha value is -3.03. The fraction of sp³-hybridized carbons (Fsp3) is 0.542. The van der Waals surface area contributed by atoms with Crippen LogP contribution >= 0.6 is 0 Å². The molecule has 0 spiro atoms. The van der Waals surface area contributed by atoms with E-state index in [4.69, 9.17) is 9.97 Å². The van der Waals surface area contributed by atoms with Crippen LogP contribution in [-0.4, -0.2) is 62.7 Å². The van der Waals surface area contributed by atoms with Crippen LogP contribution in [0.2, 0.25) is 0 Å². The summed E-state index contributed by atoms with van der Waals surface area (Å²) in [6, 6.07) is 5.86. The molecule has 0 saturated carbocycles. The highest BCUT2D eigenvalue weighted by atomic mass is 16.2. The van der Waals surface area contributed by atoms with Crippen molar-refractivity contribution in [1.29, 1.82) is 0 Å². The minimum Gasteiger partial charge on any atom is -0.350 e. The number of rotatable bonds is 5. The summed E-state index contributed by atoms with van der Waals surface area (Å²) in [5, 5.41) is 0. The van der Waals surface area contributed by atoms with Gasteiger partial charge >= 0.3 is 0 Å². The Labute approximate surface area is 188 Å². The zero-order valence-corrected chi connectivity index (χ0v) is 18.7. The molecule has 3 aliphatic rings. The number of pyridine rings is 1. The molecule has 2 amide bonds. The van der Waals surface area contributed by atoms with Gasteiger partial charge in [0.15, 0.2) is 5.82 Å². The molecule has 2 saturated heterocycles. The van der Waals surface area contributed by atoms with Crippen molar-refractivity contribution in [2.24, 2.45) is 0 Å². The summed E-state index contributed by atoms with van der Waals surface area (Å²) in [6.45, 7) is 5.25. The van der Waals surface area contributed by atoms with E-state index in [0.717, 1.165) is 61.7 Å². The zero-order chi connectivity index (χ0) is 22.1. The molecule has 0 aromatic carbocycles. The van der Waals surface area contributed by atoms with Crippen LogP contribution in [-0.2, 0) is 22.6 Å². The number of carbonyl (C=O) groups is 2. The van der Waals surface area contributed by atoms with Gasteiger partial charge in [-0.25, -0.2) is 9.97 Å². The fourth-order valence-corrected chi connectivity index (χ4v) is 5.16. The molecule has 0 aliphatic carbocycles. The maximum absolute atomic E-state index is 13.1. The molecule has 8 heteroatoms. The van der Waals surface area contributed by atoms with Gasteiger partial charge in [0, 0.05) is 43.5 Å². The lowest BCUT2D eigenvalue weighted by Gasteiger charge is -2.32. The van der Waals surface area contributed by atoms with Crippen molar-refractivity contribution >= 4 is 17.6 Å². The van der Waals surface area contributed by atoms with Gasteiger partial charge in [0.05, 0.1) is 24.8 Å². The Bertz CT molecular complexity index is 1010. The van der Waals surface area contributed by atoms with Crippen molar-refractivity contribution in [2.75, 3.05) is 31.1 Å². The summed E-state index contributed by atoms with van der Waals surface area (Å²) in [4.78, 5) is 45.3. The smallest absolute Gasteiger partial charge is 0.242 e. The Balaban J connectivity index is 1.40. The van der Waals surface area contributed by atoms with Crippen LogP contribution in [0.5, 0.6) is 0 Å². The van der Waals surface area contributed by atoms with E-state index in [1.54, 1.807) is 4.90 Å². The lowest BCUT2D eigenvalue weighted by atomic mass is 10.0. The first kappa shape index (κ1) is 20.8. The van der Waals surface area contributed by atoms with Crippen LogP contribution in [0.3, 0.4) is 0 Å². The van der Waals surface area contributed by atoms with Crippen LogP contribution in [0, 0.1) is 6.92 Å². The third-order valence-corrected chi connectivity index (χ3v) is 6.81. The minimum absolute atomic E-state index is 0.00654. The van der Waals surface area contributed by atoms with E-state index in [9.17, 15) is 9.59 Å². The van der Waals surface area contributed by atoms with Gasteiger partial charge in [0.1, 0.15) is 5.82 Å². The number of anilines is 1. The second-order valence-electron chi connectivity index (χ2n) is 8.98. The molecule has 0 bridgehead atoms. The predicted molar refractivity (Wildman–Crippen MR) is 120 cm³/mol. The first-order valence-corrected chi connectivity index (χ1v) is 11.7. The number of aromatic nitrogens is 3. The number of amides is 2. The van der Waals surface area contributed by atoms with Gasteiger partial charge in [0.2, 0.25) is 11.8 Å². The average molecular weight is 435 g/mol. The van der Waals surface area contributed by atoms with Crippen LogP contribution in [0.25, 0.3) is 0 Å². The van der Waals surface area contributed by atoms with E-state index in [0.29, 0.717) is 26.1 Å². The first-order valence-electron chi connectivity index (χ1n) is 11.7. The summed E-state index contributed by atoms with van der Waals surface area (Å²) in [7, 11) is 0. The number of nitrogens with zero attached hydrogens (tertiary/aromatic N) is 6. The summed E-state index contributed by atoms with van der Waals surface area (Å²) in [5.74, 6) is 1.80. The van der Waals surface area contributed by atoms with Crippen LogP contribution in [0.1, 0.15) is 60.9 Å². The molecule has 8 nitrogen and oxygen atoms in total. The van der Waals surface area contributed by atoms with Crippen molar-refractivity contribution in [3.63, 3.8) is 0 Å². The number of aryl methyl sites for hydroxylation is 1. The highest BCUT2D eigenvalue weighted by Crippen LogP contribution is 2.34. The molecule has 2 fully saturated rings. The van der Waals surface area contributed by atoms with Crippen molar-refractivity contribution in [3.8, 4) is 0 Å². The SMILES string of the molecule is Cc1nc([C@H]2CCCN2C(=O)CN2CCCC2=O)nc2c1CCCN2Cc1ccccn1. The maximum atomic E-state index is 13.1. The van der Waals surface area contributed by atoms with Crippen molar-refractivity contribution in [2.45, 2.75) is 58.0 Å². The van der Waals surface area contributed by atoms with E-state index in [-0.39, 0.29) is 24.4 Å². The van der Waals surface area contributed by atoms with Crippen LogP contribution in [0.4, 0.5) is 5.82 Å². The third kappa shape index (κ3) is 4.06. The quantitative estimate of drug-likeness (QED) is 0.719. The summed E-state index contributed by atoms with van der Waals surface area (Å²) in [6.07, 6.45) is 7.06. The van der Waals surface area contributed by atoms with Gasteiger partial charge in [-0.1, -0.05) is 6.07 Å². The fourth-order valence-electron chi connectivity index (χ4n) is 5.16. The molecule has 5 heterocycles. The Morgan fingerprint density at radius 2 is 1.91 bits per heavy atom. The molecule has 0 unspecified atom stereocenters. The second-order valence-corrected chi connectivity index (χ2v) is 8.98. The van der Waals surface area contributed by atoms with E-state index in [1.165, 1.54) is 5.56 Å². The highest BCUT2D eigenvalue weighted by Gasteiger charge is 2.35. The van der Waals surface area contributed by atoms with Crippen molar-refractivity contribution < 1.29 is 9.59 Å². The third-order valence-electron chi connectivity index (χ3n) is 6.81. The highest BCUT2D eigenvalue weighted by molar-refractivity contribution is 5.86. The van der Waals surface area contributed by atoms with E-state index >= 15 is 0 Å². The largest absolute Gasteiger partial charge is 0.350 e. The number of hydrogen-bond donors (Lipinski definition) is 0. The molecule has 0 radical (unpaired) electrons. The number of carbonyl (C=O) groups excluding carboxylic acids is 2. The average Bonchev–Trinajstić information content (AvgIpc) is 3.44. The van der Waals surface area contributed by atoms with Gasteiger partial charge in [-0.2, -0.15) is 0 Å². The summed E-state index contributed by atoms with van der Waals surface area (Å²) in [5.41, 5.74) is 3.23. The van der Waals surface area contributed by atoms with Gasteiger partial charge in [-0.3, -0.25) is 14.6 Å². The molecule has 2 aromatic heterocycles. The number of fused-ring (bicyclic) bond motifs is 1. The number of likely N-dealkylation sites (tertiary alicyclic amines) is 2. The molecule has 5 rings (SSSR count). The molecule has 2 aromatic rings. The molecular weight excluding hydrogens is 404 g/mol. The van der Waals surface area contributed by atoms with E-state index < -0.39 is 0 Å². The number of hydrogen-bond acceptors (Lipinski definition) is 6. The Kier molecular flexibility index (Phi) is 5.76. The van der Waals surface area contributed by atoms with Gasteiger partial charge in [-0.15, -0.1) is 0 Å². The van der Waals surface area contributed by atoms with Gasteiger partial charge in [-0.05, 0) is 51.2 Å².